The maximum absolute atomic E-state index is 15.9. The molecule has 0 bridgehead atoms. The van der Waals surface area contributed by atoms with Crippen LogP contribution in [0.2, 0.25) is 0 Å². The van der Waals surface area contributed by atoms with Crippen molar-refractivity contribution in [2.75, 3.05) is 25.5 Å². The topological polar surface area (TPSA) is 98.6 Å². The Morgan fingerprint density at radius 2 is 1.89 bits per heavy atom. The third-order valence-electron chi connectivity index (χ3n) is 7.66. The van der Waals surface area contributed by atoms with Gasteiger partial charge in [-0.25, -0.2) is 19.2 Å². The number of anilines is 1. The van der Waals surface area contributed by atoms with Gasteiger partial charge in [0.05, 0.1) is 16.9 Å². The molecule has 3 heterocycles. The molecular weight excluding hydrogens is 471 g/mol. The van der Waals surface area contributed by atoms with Gasteiger partial charge in [0, 0.05) is 24.1 Å². The first-order valence-corrected chi connectivity index (χ1v) is 12.5. The van der Waals surface area contributed by atoms with Crippen molar-refractivity contribution in [3.8, 4) is 0 Å². The number of aliphatic hydroxyl groups is 1. The molecule has 0 saturated carbocycles. The summed E-state index contributed by atoms with van der Waals surface area (Å²) in [6, 6.07) is 14.5. The molecule has 3 N–H and O–H groups in total. The number of nitrogens with zero attached hydrogens (tertiary/aromatic N) is 3. The van der Waals surface area contributed by atoms with Crippen molar-refractivity contribution in [2.24, 2.45) is 5.92 Å². The van der Waals surface area contributed by atoms with Gasteiger partial charge >= 0.3 is 5.97 Å². The summed E-state index contributed by atoms with van der Waals surface area (Å²) in [5.74, 6) is -1.20. The number of carboxylic acids is 1. The summed E-state index contributed by atoms with van der Waals surface area (Å²) in [6.07, 6.45) is 6.25. The molecule has 1 fully saturated rings. The number of halogens is 1. The predicted molar refractivity (Wildman–Crippen MR) is 142 cm³/mol. The fourth-order valence-corrected chi connectivity index (χ4v) is 5.20. The minimum absolute atomic E-state index is 0.0915. The lowest BCUT2D eigenvalue weighted by atomic mass is 9.79. The largest absolute Gasteiger partial charge is 0.479 e. The van der Waals surface area contributed by atoms with Crippen LogP contribution in [-0.2, 0) is 10.4 Å². The maximum Gasteiger partial charge on any atom is 0.348 e. The van der Waals surface area contributed by atoms with E-state index in [2.05, 4.69) is 22.2 Å². The second kappa shape index (κ2) is 9.68. The number of fused-ring (bicyclic) bond motifs is 1. The van der Waals surface area contributed by atoms with Crippen LogP contribution >= 0.6 is 0 Å². The van der Waals surface area contributed by atoms with E-state index in [1.165, 1.54) is 6.08 Å². The molecule has 3 aromatic rings. The zero-order valence-corrected chi connectivity index (χ0v) is 21.0. The number of likely N-dealkylation sites (tertiary alicyclic amines) is 1. The highest BCUT2D eigenvalue weighted by Gasteiger charge is 2.45. The second-order valence-electron chi connectivity index (χ2n) is 10.2. The lowest BCUT2D eigenvalue weighted by molar-refractivity contribution is -0.147. The van der Waals surface area contributed by atoms with Crippen LogP contribution in [0.5, 0.6) is 0 Å². The molecule has 37 heavy (non-hydrogen) atoms. The lowest BCUT2D eigenvalue weighted by Crippen LogP contribution is -2.41. The van der Waals surface area contributed by atoms with Gasteiger partial charge in [0.2, 0.25) is 5.67 Å². The zero-order valence-electron chi connectivity index (χ0n) is 21.0. The van der Waals surface area contributed by atoms with E-state index in [1.807, 2.05) is 49.4 Å². The van der Waals surface area contributed by atoms with E-state index in [1.54, 1.807) is 18.3 Å². The molecule has 7 nitrogen and oxygen atoms in total. The number of hydrogen-bond donors (Lipinski definition) is 3. The van der Waals surface area contributed by atoms with Crippen molar-refractivity contribution in [3.05, 3.63) is 83.8 Å². The van der Waals surface area contributed by atoms with Gasteiger partial charge in [-0.2, -0.15) is 0 Å². The summed E-state index contributed by atoms with van der Waals surface area (Å²) in [7, 11) is 2.08. The third kappa shape index (κ3) is 4.86. The number of alkyl halides is 1. The van der Waals surface area contributed by atoms with Crippen molar-refractivity contribution in [3.63, 3.8) is 0 Å². The normalized spacial score (nSPS) is 22.7. The number of hydrogen-bond acceptors (Lipinski definition) is 6. The summed E-state index contributed by atoms with van der Waals surface area (Å²) in [5.41, 5.74) is -1.29. The number of allylic oxidation sites excluding steroid dienone is 3. The van der Waals surface area contributed by atoms with Crippen molar-refractivity contribution in [1.29, 1.82) is 0 Å². The summed E-state index contributed by atoms with van der Waals surface area (Å²) >= 11 is 0. The SMILES string of the molecule is CN1CCC([C@@](C)(O)c2ccc3cnc(NC4=CC=C(c5ccccc5)CC4(F)C(=O)O)cc3n2)CC1. The number of aromatic nitrogens is 2. The minimum Gasteiger partial charge on any atom is -0.479 e. The molecular formula is C29H31FN4O3. The van der Waals surface area contributed by atoms with Crippen LogP contribution in [0.25, 0.3) is 16.5 Å². The molecule has 2 atom stereocenters. The highest BCUT2D eigenvalue weighted by atomic mass is 19.1. The van der Waals surface area contributed by atoms with Gasteiger partial charge in [-0.1, -0.05) is 36.4 Å². The van der Waals surface area contributed by atoms with E-state index in [9.17, 15) is 15.0 Å². The van der Waals surface area contributed by atoms with Crippen LogP contribution in [0.1, 0.15) is 37.4 Å². The van der Waals surface area contributed by atoms with E-state index in [0.717, 1.165) is 36.9 Å². The molecule has 2 aliphatic rings. The Hall–Kier alpha value is -3.62. The summed E-state index contributed by atoms with van der Waals surface area (Å²) < 4.78 is 15.9. The highest BCUT2D eigenvalue weighted by molar-refractivity contribution is 5.89. The molecule has 192 valence electrons. The number of rotatable bonds is 6. The monoisotopic (exact) mass is 502 g/mol. The number of aliphatic carboxylic acids is 1. The Morgan fingerprint density at radius 1 is 1.16 bits per heavy atom. The van der Waals surface area contributed by atoms with Gasteiger partial charge in [0.25, 0.3) is 0 Å². The van der Waals surface area contributed by atoms with E-state index in [-0.39, 0.29) is 23.9 Å². The fraction of sp³-hybridized carbons (Fsp3) is 0.345. The number of pyridine rings is 2. The Balaban J connectivity index is 1.44. The van der Waals surface area contributed by atoms with E-state index >= 15 is 4.39 Å². The van der Waals surface area contributed by atoms with Crippen molar-refractivity contribution < 1.29 is 19.4 Å². The van der Waals surface area contributed by atoms with Crippen LogP contribution < -0.4 is 5.32 Å². The average Bonchev–Trinajstić information content (AvgIpc) is 2.90. The molecule has 0 amide bonds. The summed E-state index contributed by atoms with van der Waals surface area (Å²) in [6.45, 7) is 3.66. The van der Waals surface area contributed by atoms with Crippen molar-refractivity contribution >= 4 is 28.3 Å². The van der Waals surface area contributed by atoms with Crippen molar-refractivity contribution in [2.45, 2.75) is 37.5 Å². The van der Waals surface area contributed by atoms with Crippen LogP contribution in [0.15, 0.2) is 72.6 Å². The Morgan fingerprint density at radius 3 is 2.59 bits per heavy atom. The molecule has 1 aromatic carbocycles. The molecule has 1 aliphatic heterocycles. The van der Waals surface area contributed by atoms with E-state index < -0.39 is 17.2 Å². The molecule has 0 radical (unpaired) electrons. The van der Waals surface area contributed by atoms with E-state index in [4.69, 9.17) is 4.98 Å². The van der Waals surface area contributed by atoms with Gasteiger partial charge in [-0.05, 0) is 75.2 Å². The van der Waals surface area contributed by atoms with Crippen LogP contribution in [0, 0.1) is 5.92 Å². The van der Waals surface area contributed by atoms with Gasteiger partial charge in [-0.3, -0.25) is 0 Å². The Bertz CT molecular complexity index is 1380. The number of carboxylic acid groups (broad SMARTS) is 1. The summed E-state index contributed by atoms with van der Waals surface area (Å²) in [5, 5.41) is 24.8. The third-order valence-corrected chi connectivity index (χ3v) is 7.66. The maximum atomic E-state index is 15.9. The van der Waals surface area contributed by atoms with Crippen molar-refractivity contribution in [1.82, 2.24) is 14.9 Å². The summed E-state index contributed by atoms with van der Waals surface area (Å²) in [4.78, 5) is 23.4. The predicted octanol–water partition coefficient (Wildman–Crippen LogP) is 4.76. The standard InChI is InChI=1S/C29H31FN4O3/c1-28(37,22-12-14-34(2)15-13-22)24-10-9-21-18-31-26(16-23(21)32-24)33-25-11-8-20(17-29(25,30)27(35)36)19-6-4-3-5-7-19/h3-11,16,18,22,37H,12-15,17H2,1-2H3,(H,31,33)(H,35,36)/t28-,29?/m1/s1. The molecule has 8 heteroatoms. The number of benzene rings is 1. The van der Waals surface area contributed by atoms with E-state index in [0.29, 0.717) is 16.8 Å². The lowest BCUT2D eigenvalue weighted by Gasteiger charge is -2.38. The molecule has 1 unspecified atom stereocenters. The van der Waals surface area contributed by atoms with Crippen LogP contribution in [-0.4, -0.2) is 56.9 Å². The Labute approximate surface area is 215 Å². The molecule has 1 saturated heterocycles. The molecule has 1 aliphatic carbocycles. The number of nitrogens with one attached hydrogen (secondary N) is 1. The van der Waals surface area contributed by atoms with Crippen LogP contribution in [0.4, 0.5) is 10.2 Å². The smallest absolute Gasteiger partial charge is 0.348 e. The first-order valence-electron chi connectivity index (χ1n) is 12.5. The van der Waals surface area contributed by atoms with Gasteiger partial charge < -0.3 is 20.4 Å². The average molecular weight is 503 g/mol. The van der Waals surface area contributed by atoms with Crippen LogP contribution in [0.3, 0.4) is 0 Å². The first kappa shape index (κ1) is 25.0. The zero-order chi connectivity index (χ0) is 26.2. The van der Waals surface area contributed by atoms with Gasteiger partial charge in [0.1, 0.15) is 11.4 Å². The number of piperidine rings is 1. The Kier molecular flexibility index (Phi) is 6.56. The van der Waals surface area contributed by atoms with Gasteiger partial charge in [0.15, 0.2) is 0 Å². The molecule has 0 spiro atoms. The highest BCUT2D eigenvalue weighted by Crippen LogP contribution is 2.39. The minimum atomic E-state index is -2.64. The first-order chi connectivity index (χ1) is 17.7. The number of carbonyl (C=O) groups is 1. The fourth-order valence-electron chi connectivity index (χ4n) is 5.20. The second-order valence-corrected chi connectivity index (χ2v) is 10.2. The van der Waals surface area contributed by atoms with Gasteiger partial charge in [-0.15, -0.1) is 0 Å². The quantitative estimate of drug-likeness (QED) is 0.447. The molecule has 5 rings (SSSR count). The molecule has 2 aromatic heterocycles.